The standard InChI is InChI=1S/C24H18N4/c1-2-8-16(9-3-1)22-14-23-18-11-5-7-13-21(18)26-24(28(23)27-22)19-15-25-20-12-6-4-10-17(19)20/h1-15,24-26H. The molecule has 3 heterocycles. The summed E-state index contributed by atoms with van der Waals surface area (Å²) < 4.78 is 2.11. The van der Waals surface area contributed by atoms with Crippen molar-refractivity contribution in [1.29, 1.82) is 0 Å². The molecule has 0 saturated heterocycles. The number of benzene rings is 3. The van der Waals surface area contributed by atoms with Crippen LogP contribution < -0.4 is 5.32 Å². The van der Waals surface area contributed by atoms with Crippen LogP contribution in [0.1, 0.15) is 11.7 Å². The number of para-hydroxylation sites is 2. The van der Waals surface area contributed by atoms with E-state index in [4.69, 9.17) is 5.10 Å². The van der Waals surface area contributed by atoms with Gasteiger partial charge in [0.05, 0.1) is 11.4 Å². The molecule has 134 valence electrons. The lowest BCUT2D eigenvalue weighted by molar-refractivity contribution is 0.580. The summed E-state index contributed by atoms with van der Waals surface area (Å²) in [5.74, 6) is 0. The third-order valence-corrected chi connectivity index (χ3v) is 5.46. The Hall–Kier alpha value is -3.79. The van der Waals surface area contributed by atoms with E-state index in [9.17, 15) is 0 Å². The first kappa shape index (κ1) is 15.3. The fraction of sp³-hybridized carbons (Fsp3) is 0.0417. The largest absolute Gasteiger partial charge is 0.361 e. The number of aromatic nitrogens is 3. The van der Waals surface area contributed by atoms with Crippen molar-refractivity contribution in [2.75, 3.05) is 5.32 Å². The average Bonchev–Trinajstić information content (AvgIpc) is 3.39. The number of hydrogen-bond donors (Lipinski definition) is 2. The number of nitrogens with zero attached hydrogens (tertiary/aromatic N) is 2. The van der Waals surface area contributed by atoms with E-state index >= 15 is 0 Å². The first-order chi connectivity index (χ1) is 13.9. The van der Waals surface area contributed by atoms with Gasteiger partial charge >= 0.3 is 0 Å². The molecule has 0 amide bonds. The van der Waals surface area contributed by atoms with Crippen LogP contribution in [0.4, 0.5) is 5.69 Å². The van der Waals surface area contributed by atoms with Crippen LogP contribution in [0.3, 0.4) is 0 Å². The summed E-state index contributed by atoms with van der Waals surface area (Å²) in [7, 11) is 0. The molecule has 0 radical (unpaired) electrons. The second kappa shape index (κ2) is 5.86. The summed E-state index contributed by atoms with van der Waals surface area (Å²) in [6, 6.07) is 29.4. The van der Waals surface area contributed by atoms with Gasteiger partial charge in [-0.05, 0) is 18.2 Å². The monoisotopic (exact) mass is 362 g/mol. The molecule has 0 spiro atoms. The van der Waals surface area contributed by atoms with E-state index in [0.29, 0.717) is 0 Å². The zero-order chi connectivity index (χ0) is 18.5. The van der Waals surface area contributed by atoms with Gasteiger partial charge in [-0.15, -0.1) is 0 Å². The number of hydrogen-bond acceptors (Lipinski definition) is 2. The molecule has 2 aromatic heterocycles. The van der Waals surface area contributed by atoms with Gasteiger partial charge in [0.1, 0.15) is 6.17 Å². The van der Waals surface area contributed by atoms with Crippen molar-refractivity contribution in [3.63, 3.8) is 0 Å². The van der Waals surface area contributed by atoms with Crippen molar-refractivity contribution in [3.8, 4) is 22.5 Å². The van der Waals surface area contributed by atoms with Gasteiger partial charge in [0.2, 0.25) is 0 Å². The number of anilines is 1. The van der Waals surface area contributed by atoms with E-state index in [0.717, 1.165) is 28.2 Å². The van der Waals surface area contributed by atoms with E-state index in [1.165, 1.54) is 16.5 Å². The average molecular weight is 362 g/mol. The van der Waals surface area contributed by atoms with E-state index in [1.807, 2.05) is 6.07 Å². The van der Waals surface area contributed by atoms with Crippen molar-refractivity contribution in [2.45, 2.75) is 6.17 Å². The summed E-state index contributed by atoms with van der Waals surface area (Å²) in [6.07, 6.45) is 2.02. The predicted molar refractivity (Wildman–Crippen MR) is 113 cm³/mol. The molecule has 1 unspecified atom stereocenters. The van der Waals surface area contributed by atoms with Crippen molar-refractivity contribution >= 4 is 16.6 Å². The lowest BCUT2D eigenvalue weighted by atomic mass is 10.0. The number of nitrogens with one attached hydrogen (secondary N) is 2. The molecule has 0 fully saturated rings. The topological polar surface area (TPSA) is 45.6 Å². The normalized spacial score (nSPS) is 15.1. The molecule has 0 aliphatic carbocycles. The van der Waals surface area contributed by atoms with Crippen LogP contribution in [0.2, 0.25) is 0 Å². The highest BCUT2D eigenvalue weighted by molar-refractivity contribution is 5.86. The Bertz CT molecular complexity index is 1300. The number of rotatable bonds is 2. The van der Waals surface area contributed by atoms with Gasteiger partial charge in [0.25, 0.3) is 0 Å². The summed E-state index contributed by atoms with van der Waals surface area (Å²) in [5.41, 5.74) is 7.87. The molecule has 0 bridgehead atoms. The molecule has 4 nitrogen and oxygen atoms in total. The minimum Gasteiger partial charge on any atom is -0.361 e. The van der Waals surface area contributed by atoms with E-state index in [1.54, 1.807) is 0 Å². The molecule has 6 rings (SSSR count). The Morgan fingerprint density at radius 2 is 1.61 bits per heavy atom. The highest BCUT2D eigenvalue weighted by Gasteiger charge is 2.28. The Morgan fingerprint density at radius 3 is 2.54 bits per heavy atom. The summed E-state index contributed by atoms with van der Waals surface area (Å²) in [4.78, 5) is 3.40. The van der Waals surface area contributed by atoms with Crippen LogP contribution in [-0.4, -0.2) is 14.8 Å². The van der Waals surface area contributed by atoms with Crippen molar-refractivity contribution in [1.82, 2.24) is 14.8 Å². The summed E-state index contributed by atoms with van der Waals surface area (Å²) >= 11 is 0. The second-order valence-electron chi connectivity index (χ2n) is 7.11. The molecule has 0 saturated carbocycles. The lowest BCUT2D eigenvalue weighted by Crippen LogP contribution is -2.25. The molecule has 5 aromatic rings. The Labute approximate surface area is 162 Å². The quantitative estimate of drug-likeness (QED) is 0.425. The maximum Gasteiger partial charge on any atom is 0.149 e. The lowest BCUT2D eigenvalue weighted by Gasteiger charge is -2.28. The third kappa shape index (κ3) is 2.21. The molecular weight excluding hydrogens is 344 g/mol. The van der Waals surface area contributed by atoms with E-state index in [2.05, 4.69) is 100 Å². The third-order valence-electron chi connectivity index (χ3n) is 5.46. The van der Waals surface area contributed by atoms with Gasteiger partial charge in [-0.2, -0.15) is 5.10 Å². The molecule has 28 heavy (non-hydrogen) atoms. The highest BCUT2D eigenvalue weighted by Crippen LogP contribution is 2.41. The first-order valence-electron chi connectivity index (χ1n) is 9.45. The zero-order valence-corrected chi connectivity index (χ0v) is 15.1. The fourth-order valence-corrected chi connectivity index (χ4v) is 4.11. The van der Waals surface area contributed by atoms with Crippen LogP contribution in [0.25, 0.3) is 33.4 Å². The molecule has 1 aliphatic heterocycles. The first-order valence-corrected chi connectivity index (χ1v) is 9.45. The Kier molecular flexibility index (Phi) is 3.20. The number of H-pyrrole nitrogens is 1. The smallest absolute Gasteiger partial charge is 0.149 e. The van der Waals surface area contributed by atoms with E-state index < -0.39 is 0 Å². The molecular formula is C24H18N4. The van der Waals surface area contributed by atoms with Crippen molar-refractivity contribution < 1.29 is 0 Å². The van der Waals surface area contributed by atoms with Gasteiger partial charge in [-0.25, -0.2) is 4.68 Å². The van der Waals surface area contributed by atoms with E-state index in [-0.39, 0.29) is 6.17 Å². The van der Waals surface area contributed by atoms with Crippen molar-refractivity contribution in [3.05, 3.63) is 96.7 Å². The molecule has 4 heteroatoms. The SMILES string of the molecule is c1ccc(-c2cc3n(n2)C(c2c[nH]c4ccccc24)Nc2ccccc2-3)cc1. The molecule has 3 aromatic carbocycles. The van der Waals surface area contributed by atoms with Crippen LogP contribution in [-0.2, 0) is 0 Å². The predicted octanol–water partition coefficient (Wildman–Crippen LogP) is 5.67. The molecule has 1 aliphatic rings. The van der Waals surface area contributed by atoms with Gasteiger partial charge in [-0.1, -0.05) is 66.7 Å². The number of fused-ring (bicyclic) bond motifs is 4. The fourth-order valence-electron chi connectivity index (χ4n) is 4.11. The van der Waals surface area contributed by atoms with Crippen LogP contribution >= 0.6 is 0 Å². The minimum absolute atomic E-state index is 0.0708. The van der Waals surface area contributed by atoms with Gasteiger partial charge < -0.3 is 10.3 Å². The van der Waals surface area contributed by atoms with Gasteiger partial charge in [0, 0.05) is 39.5 Å². The summed E-state index contributed by atoms with van der Waals surface area (Å²) in [5, 5.41) is 9.91. The second-order valence-corrected chi connectivity index (χ2v) is 7.11. The maximum atomic E-state index is 5.00. The maximum absolute atomic E-state index is 5.00. The molecule has 1 atom stereocenters. The van der Waals surface area contributed by atoms with Gasteiger partial charge in [0.15, 0.2) is 0 Å². The van der Waals surface area contributed by atoms with Crippen molar-refractivity contribution in [2.24, 2.45) is 0 Å². The van der Waals surface area contributed by atoms with Gasteiger partial charge in [-0.3, -0.25) is 0 Å². The Balaban J connectivity index is 1.59. The van der Waals surface area contributed by atoms with Crippen LogP contribution in [0, 0.1) is 0 Å². The number of aromatic amines is 1. The minimum atomic E-state index is -0.0708. The zero-order valence-electron chi connectivity index (χ0n) is 15.1. The molecule has 2 N–H and O–H groups in total. The van der Waals surface area contributed by atoms with Crippen LogP contribution in [0.15, 0.2) is 91.1 Å². The Morgan fingerprint density at radius 1 is 0.821 bits per heavy atom. The summed E-state index contributed by atoms with van der Waals surface area (Å²) in [6.45, 7) is 0. The highest BCUT2D eigenvalue weighted by atomic mass is 15.4. The van der Waals surface area contributed by atoms with Crippen LogP contribution in [0.5, 0.6) is 0 Å².